The summed E-state index contributed by atoms with van der Waals surface area (Å²) < 4.78 is 33.7. The van der Waals surface area contributed by atoms with Gasteiger partial charge in [-0.25, -0.2) is 13.2 Å². The number of esters is 1. The van der Waals surface area contributed by atoms with Crippen molar-refractivity contribution >= 4 is 21.6 Å². The maximum absolute atomic E-state index is 12.1. The molecule has 0 aromatic heterocycles. The van der Waals surface area contributed by atoms with Crippen LogP contribution in [0.3, 0.4) is 0 Å². The second-order valence-electron chi connectivity index (χ2n) is 3.35. The Kier molecular flexibility index (Phi) is 2.66. The van der Waals surface area contributed by atoms with Crippen LogP contribution in [0.15, 0.2) is 34.1 Å². The smallest absolute Gasteiger partial charge is 0.353 e. The van der Waals surface area contributed by atoms with Gasteiger partial charge in [-0.1, -0.05) is 12.1 Å². The van der Waals surface area contributed by atoms with Crippen LogP contribution in [0.25, 0.3) is 5.76 Å². The average molecular weight is 254 g/mol. The van der Waals surface area contributed by atoms with Gasteiger partial charge >= 0.3 is 5.97 Å². The summed E-state index contributed by atoms with van der Waals surface area (Å²) in [6, 6.07) is 6.28. The third-order valence-electron chi connectivity index (χ3n) is 2.47. The molecule has 0 bridgehead atoms. The van der Waals surface area contributed by atoms with Gasteiger partial charge in [0.25, 0.3) is 0 Å². The number of hydrogen-bond acceptors (Lipinski definition) is 5. The molecule has 0 unspecified atom stereocenters. The zero-order valence-corrected chi connectivity index (χ0v) is 10.1. The Bertz CT molecular complexity index is 613. The third-order valence-corrected chi connectivity index (χ3v) is 4.30. The zero-order chi connectivity index (χ0) is 12.6. The van der Waals surface area contributed by atoms with Gasteiger partial charge < -0.3 is 9.47 Å². The standard InChI is InChI=1S/C11H10O5S/c1-15-9-7-5-3-4-6-8(7)17(13,14)10(9)11(12)16-2/h3-6H,1-2H3. The summed E-state index contributed by atoms with van der Waals surface area (Å²) in [7, 11) is -1.40. The van der Waals surface area contributed by atoms with Gasteiger partial charge in [0.1, 0.15) is 0 Å². The van der Waals surface area contributed by atoms with Crippen LogP contribution in [-0.4, -0.2) is 28.6 Å². The minimum atomic E-state index is -3.84. The van der Waals surface area contributed by atoms with E-state index in [1.807, 2.05) is 0 Å². The van der Waals surface area contributed by atoms with E-state index < -0.39 is 20.7 Å². The van der Waals surface area contributed by atoms with Crippen LogP contribution in [0.1, 0.15) is 5.56 Å². The SMILES string of the molecule is COC(=O)C1=C(OC)c2ccccc2S1(=O)=O. The van der Waals surface area contributed by atoms with Crippen LogP contribution in [-0.2, 0) is 24.1 Å². The van der Waals surface area contributed by atoms with E-state index in [1.54, 1.807) is 18.2 Å². The Morgan fingerprint density at radius 2 is 1.82 bits per heavy atom. The van der Waals surface area contributed by atoms with Gasteiger partial charge in [0, 0.05) is 5.56 Å². The predicted octanol–water partition coefficient (Wildman–Crippen LogP) is 0.962. The molecule has 0 N–H and O–H groups in total. The van der Waals surface area contributed by atoms with E-state index in [9.17, 15) is 13.2 Å². The zero-order valence-electron chi connectivity index (χ0n) is 9.26. The average Bonchev–Trinajstić information content (AvgIpc) is 2.57. The molecule has 90 valence electrons. The highest BCUT2D eigenvalue weighted by atomic mass is 32.2. The van der Waals surface area contributed by atoms with Gasteiger partial charge in [0.05, 0.1) is 19.1 Å². The first-order valence-electron chi connectivity index (χ1n) is 4.75. The maximum Gasteiger partial charge on any atom is 0.353 e. The quantitative estimate of drug-likeness (QED) is 0.735. The Morgan fingerprint density at radius 3 is 2.41 bits per heavy atom. The molecule has 17 heavy (non-hydrogen) atoms. The number of ether oxygens (including phenoxy) is 2. The summed E-state index contributed by atoms with van der Waals surface area (Å²) in [6.07, 6.45) is 0. The number of sulfone groups is 1. The van der Waals surface area contributed by atoms with Gasteiger partial charge in [-0.3, -0.25) is 0 Å². The molecule has 0 atom stereocenters. The second kappa shape index (κ2) is 3.89. The molecule has 1 heterocycles. The molecule has 0 fully saturated rings. The third kappa shape index (κ3) is 1.52. The van der Waals surface area contributed by atoms with Crippen LogP contribution in [0.2, 0.25) is 0 Å². The van der Waals surface area contributed by atoms with Gasteiger partial charge in [-0.2, -0.15) is 0 Å². The number of rotatable bonds is 2. The monoisotopic (exact) mass is 254 g/mol. The lowest BCUT2D eigenvalue weighted by Gasteiger charge is -2.03. The van der Waals surface area contributed by atoms with E-state index in [1.165, 1.54) is 13.2 Å². The number of fused-ring (bicyclic) bond motifs is 1. The van der Waals surface area contributed by atoms with Crippen LogP contribution < -0.4 is 0 Å². The first-order chi connectivity index (χ1) is 8.04. The molecule has 1 aromatic carbocycles. The van der Waals surface area contributed by atoms with E-state index in [-0.39, 0.29) is 10.7 Å². The first-order valence-corrected chi connectivity index (χ1v) is 6.23. The van der Waals surface area contributed by atoms with Crippen LogP contribution in [0.5, 0.6) is 0 Å². The fourth-order valence-electron chi connectivity index (χ4n) is 1.74. The molecule has 1 aromatic rings. The van der Waals surface area contributed by atoms with Crippen molar-refractivity contribution < 1.29 is 22.7 Å². The topological polar surface area (TPSA) is 69.7 Å². The van der Waals surface area contributed by atoms with Crippen molar-refractivity contribution in [3.63, 3.8) is 0 Å². The number of carbonyl (C=O) groups excluding carboxylic acids is 1. The number of hydrogen-bond donors (Lipinski definition) is 0. The molecule has 0 aliphatic carbocycles. The molecular weight excluding hydrogens is 244 g/mol. The van der Waals surface area contributed by atoms with Crippen molar-refractivity contribution in [1.82, 2.24) is 0 Å². The first kappa shape index (κ1) is 11.7. The maximum atomic E-state index is 12.1. The van der Waals surface area contributed by atoms with Gasteiger partial charge in [0.15, 0.2) is 10.7 Å². The molecule has 0 saturated carbocycles. The van der Waals surface area contributed by atoms with Gasteiger partial charge in [-0.05, 0) is 12.1 Å². The Morgan fingerprint density at radius 1 is 1.18 bits per heavy atom. The van der Waals surface area contributed by atoms with Crippen LogP contribution >= 0.6 is 0 Å². The lowest BCUT2D eigenvalue weighted by Crippen LogP contribution is -2.13. The van der Waals surface area contributed by atoms with Crippen molar-refractivity contribution in [2.24, 2.45) is 0 Å². The largest absolute Gasteiger partial charge is 0.494 e. The molecule has 2 rings (SSSR count). The van der Waals surface area contributed by atoms with E-state index in [0.717, 1.165) is 7.11 Å². The molecule has 0 amide bonds. The molecule has 5 nitrogen and oxygen atoms in total. The summed E-state index contributed by atoms with van der Waals surface area (Å²) in [5.74, 6) is -0.884. The number of methoxy groups -OCH3 is 2. The van der Waals surface area contributed by atoms with E-state index in [4.69, 9.17) is 4.74 Å². The summed E-state index contributed by atoms with van der Waals surface area (Å²) in [6.45, 7) is 0. The molecule has 0 radical (unpaired) electrons. The molecule has 0 spiro atoms. The Hall–Kier alpha value is -1.82. The lowest BCUT2D eigenvalue weighted by atomic mass is 10.2. The van der Waals surface area contributed by atoms with Crippen molar-refractivity contribution in [1.29, 1.82) is 0 Å². The minimum absolute atomic E-state index is 0.0347. The predicted molar refractivity (Wildman–Crippen MR) is 59.6 cm³/mol. The van der Waals surface area contributed by atoms with Gasteiger partial charge in [0.2, 0.25) is 9.84 Å². The van der Waals surface area contributed by atoms with Crippen molar-refractivity contribution in [2.75, 3.05) is 14.2 Å². The van der Waals surface area contributed by atoms with Crippen molar-refractivity contribution in [3.8, 4) is 0 Å². The lowest BCUT2D eigenvalue weighted by molar-refractivity contribution is -0.135. The van der Waals surface area contributed by atoms with Crippen LogP contribution in [0.4, 0.5) is 0 Å². The summed E-state index contributed by atoms with van der Waals surface area (Å²) >= 11 is 0. The van der Waals surface area contributed by atoms with E-state index in [0.29, 0.717) is 5.56 Å². The molecule has 0 saturated heterocycles. The highest BCUT2D eigenvalue weighted by Gasteiger charge is 2.41. The minimum Gasteiger partial charge on any atom is -0.494 e. The van der Waals surface area contributed by atoms with Crippen LogP contribution in [0, 0.1) is 0 Å². The number of carbonyl (C=O) groups is 1. The Labute approximate surface area is 98.6 Å². The highest BCUT2D eigenvalue weighted by molar-refractivity contribution is 7.96. The number of benzene rings is 1. The normalized spacial score (nSPS) is 16.6. The second-order valence-corrected chi connectivity index (χ2v) is 5.21. The fourth-order valence-corrected chi connectivity index (χ4v) is 3.41. The van der Waals surface area contributed by atoms with Gasteiger partial charge in [-0.15, -0.1) is 0 Å². The molecular formula is C11H10O5S. The van der Waals surface area contributed by atoms with E-state index in [2.05, 4.69) is 4.74 Å². The highest BCUT2D eigenvalue weighted by Crippen LogP contribution is 2.39. The summed E-state index contributed by atoms with van der Waals surface area (Å²) in [4.78, 5) is 11.2. The van der Waals surface area contributed by atoms with Crippen molar-refractivity contribution in [3.05, 3.63) is 34.7 Å². The Balaban J connectivity index is 2.79. The molecule has 1 aliphatic rings. The summed E-state index contributed by atoms with van der Waals surface area (Å²) in [5.41, 5.74) is 0.385. The van der Waals surface area contributed by atoms with E-state index >= 15 is 0 Å². The fraction of sp³-hybridized carbons (Fsp3) is 0.182. The molecule has 1 aliphatic heterocycles. The van der Waals surface area contributed by atoms with Crippen molar-refractivity contribution in [2.45, 2.75) is 4.90 Å². The summed E-state index contributed by atoms with van der Waals surface area (Å²) in [5, 5.41) is 0. The molecule has 6 heteroatoms.